The molecule has 1 aliphatic heterocycles. The van der Waals surface area contributed by atoms with Gasteiger partial charge in [-0.3, -0.25) is 0 Å². The number of carboxylic acid groups (broad SMARTS) is 1. The first-order chi connectivity index (χ1) is 9.73. The summed E-state index contributed by atoms with van der Waals surface area (Å²) in [4.78, 5) is 10.7. The molecule has 0 aromatic heterocycles. The number of benzene rings is 1. The molecule has 1 aromatic carbocycles. The Balaban J connectivity index is 2.17. The van der Waals surface area contributed by atoms with Crippen molar-refractivity contribution in [1.29, 1.82) is 0 Å². The van der Waals surface area contributed by atoms with Crippen molar-refractivity contribution in [3.8, 4) is 0 Å². The van der Waals surface area contributed by atoms with Crippen LogP contribution < -0.4 is 4.72 Å². The van der Waals surface area contributed by atoms with Crippen LogP contribution in [0.4, 0.5) is 0 Å². The van der Waals surface area contributed by atoms with Crippen molar-refractivity contribution < 1.29 is 28.2 Å². The minimum Gasteiger partial charge on any atom is -0.478 e. The van der Waals surface area contributed by atoms with E-state index in [0.717, 1.165) is 0 Å². The number of sulfonamides is 1. The highest BCUT2D eigenvalue weighted by Gasteiger charge is 2.34. The molecule has 0 aliphatic carbocycles. The van der Waals surface area contributed by atoms with Gasteiger partial charge in [0, 0.05) is 24.0 Å². The minimum atomic E-state index is -3.86. The minimum absolute atomic E-state index is 0.0244. The smallest absolute Gasteiger partial charge is 0.335 e. The SMILES string of the molecule is O=C(O)c1ccc(S(=O)(=O)NCC2(O)CCOC2)c(Br)c1. The molecule has 1 unspecified atom stereocenters. The molecule has 0 spiro atoms. The van der Waals surface area contributed by atoms with E-state index in [2.05, 4.69) is 20.7 Å². The van der Waals surface area contributed by atoms with Gasteiger partial charge >= 0.3 is 5.97 Å². The highest BCUT2D eigenvalue weighted by molar-refractivity contribution is 9.10. The van der Waals surface area contributed by atoms with Gasteiger partial charge in [0.05, 0.1) is 17.1 Å². The van der Waals surface area contributed by atoms with Crippen molar-refractivity contribution in [2.45, 2.75) is 16.9 Å². The third-order valence-electron chi connectivity index (χ3n) is 3.14. The van der Waals surface area contributed by atoms with Crippen molar-refractivity contribution in [3.05, 3.63) is 28.2 Å². The van der Waals surface area contributed by atoms with Gasteiger partial charge in [-0.2, -0.15) is 0 Å². The maximum Gasteiger partial charge on any atom is 0.335 e. The second-order valence-electron chi connectivity index (χ2n) is 4.80. The summed E-state index contributed by atoms with van der Waals surface area (Å²) in [6, 6.07) is 3.62. The van der Waals surface area contributed by atoms with Crippen LogP contribution in [0.3, 0.4) is 0 Å². The summed E-state index contributed by atoms with van der Waals surface area (Å²) in [5.41, 5.74) is -1.23. The lowest BCUT2D eigenvalue weighted by Crippen LogP contribution is -2.43. The number of carboxylic acids is 1. The van der Waals surface area contributed by atoms with Crippen LogP contribution in [0, 0.1) is 0 Å². The number of aromatic carboxylic acids is 1. The van der Waals surface area contributed by atoms with Gasteiger partial charge in [-0.1, -0.05) is 0 Å². The molecule has 7 nitrogen and oxygen atoms in total. The van der Waals surface area contributed by atoms with Gasteiger partial charge in [0.25, 0.3) is 0 Å². The number of nitrogens with one attached hydrogen (secondary N) is 1. The van der Waals surface area contributed by atoms with Crippen molar-refractivity contribution >= 4 is 31.9 Å². The van der Waals surface area contributed by atoms with Gasteiger partial charge in [0.15, 0.2) is 0 Å². The molecular weight excluding hydrogens is 366 g/mol. The fourth-order valence-electron chi connectivity index (χ4n) is 1.89. The zero-order valence-electron chi connectivity index (χ0n) is 10.9. The quantitative estimate of drug-likeness (QED) is 0.689. The van der Waals surface area contributed by atoms with E-state index in [1.165, 1.54) is 18.2 Å². The lowest BCUT2D eigenvalue weighted by Gasteiger charge is -2.20. The number of hydrogen-bond acceptors (Lipinski definition) is 5. The highest BCUT2D eigenvalue weighted by Crippen LogP contribution is 2.24. The highest BCUT2D eigenvalue weighted by atomic mass is 79.9. The predicted octanol–water partition coefficient (Wildman–Crippen LogP) is 0.577. The Labute approximate surface area is 130 Å². The van der Waals surface area contributed by atoms with Crippen LogP contribution in [-0.2, 0) is 14.8 Å². The molecule has 1 saturated heterocycles. The van der Waals surface area contributed by atoms with Crippen LogP contribution in [0.1, 0.15) is 16.8 Å². The Bertz CT molecular complexity index is 654. The molecule has 0 amide bonds. The Morgan fingerprint density at radius 1 is 1.48 bits per heavy atom. The second kappa shape index (κ2) is 6.01. The number of rotatable bonds is 5. The van der Waals surface area contributed by atoms with Crippen molar-refractivity contribution in [2.24, 2.45) is 0 Å². The van der Waals surface area contributed by atoms with Crippen LogP contribution in [0.25, 0.3) is 0 Å². The summed E-state index contributed by atoms with van der Waals surface area (Å²) in [6.07, 6.45) is 0.356. The van der Waals surface area contributed by atoms with E-state index in [1.807, 2.05) is 0 Å². The first-order valence-electron chi connectivity index (χ1n) is 6.06. The van der Waals surface area contributed by atoms with E-state index in [9.17, 15) is 18.3 Å². The number of carbonyl (C=O) groups is 1. The molecule has 3 N–H and O–H groups in total. The van der Waals surface area contributed by atoms with Crippen LogP contribution in [0.2, 0.25) is 0 Å². The molecular formula is C12H14BrNO6S. The van der Waals surface area contributed by atoms with Gasteiger partial charge in [-0.15, -0.1) is 0 Å². The second-order valence-corrected chi connectivity index (χ2v) is 7.39. The summed E-state index contributed by atoms with van der Waals surface area (Å²) >= 11 is 3.05. The van der Waals surface area contributed by atoms with E-state index in [4.69, 9.17) is 9.84 Å². The average molecular weight is 380 g/mol. The molecule has 1 aliphatic rings. The van der Waals surface area contributed by atoms with E-state index < -0.39 is 21.6 Å². The van der Waals surface area contributed by atoms with E-state index in [-0.39, 0.29) is 28.1 Å². The van der Waals surface area contributed by atoms with Gasteiger partial charge in [-0.25, -0.2) is 17.9 Å². The zero-order valence-corrected chi connectivity index (χ0v) is 13.3. The molecule has 21 heavy (non-hydrogen) atoms. The molecule has 9 heteroatoms. The van der Waals surface area contributed by atoms with Gasteiger partial charge in [0.1, 0.15) is 5.60 Å². The Kier molecular flexibility index (Phi) is 4.69. The Hall–Kier alpha value is -1.00. The molecule has 1 heterocycles. The summed E-state index contributed by atoms with van der Waals surface area (Å²) in [7, 11) is -3.86. The van der Waals surface area contributed by atoms with Crippen LogP contribution in [-0.4, -0.2) is 50.0 Å². The van der Waals surface area contributed by atoms with Crippen molar-refractivity contribution in [1.82, 2.24) is 4.72 Å². The van der Waals surface area contributed by atoms with Crippen LogP contribution >= 0.6 is 15.9 Å². The molecule has 0 saturated carbocycles. The Morgan fingerprint density at radius 2 is 2.19 bits per heavy atom. The summed E-state index contributed by atoms with van der Waals surface area (Å²) in [6.45, 7) is 0.298. The third kappa shape index (κ3) is 3.80. The molecule has 0 radical (unpaired) electrons. The molecule has 2 rings (SSSR count). The molecule has 1 atom stereocenters. The molecule has 116 valence electrons. The van der Waals surface area contributed by atoms with Crippen molar-refractivity contribution in [2.75, 3.05) is 19.8 Å². The maximum atomic E-state index is 12.2. The van der Waals surface area contributed by atoms with Crippen LogP contribution in [0.5, 0.6) is 0 Å². The Morgan fingerprint density at radius 3 is 2.71 bits per heavy atom. The fourth-order valence-corrected chi connectivity index (χ4v) is 4.09. The molecule has 1 fully saturated rings. The zero-order chi connectivity index (χ0) is 15.7. The first-order valence-corrected chi connectivity index (χ1v) is 8.34. The normalized spacial score (nSPS) is 22.4. The molecule has 0 bridgehead atoms. The van der Waals surface area contributed by atoms with E-state index >= 15 is 0 Å². The molecule has 1 aromatic rings. The van der Waals surface area contributed by atoms with E-state index in [0.29, 0.717) is 13.0 Å². The lowest BCUT2D eigenvalue weighted by atomic mass is 10.1. The summed E-state index contributed by atoms with van der Waals surface area (Å²) in [5.74, 6) is -1.15. The topological polar surface area (TPSA) is 113 Å². The number of halogens is 1. The van der Waals surface area contributed by atoms with Gasteiger partial charge in [-0.05, 0) is 34.1 Å². The maximum absolute atomic E-state index is 12.2. The predicted molar refractivity (Wildman–Crippen MR) is 76.7 cm³/mol. The average Bonchev–Trinajstić information content (AvgIpc) is 2.84. The van der Waals surface area contributed by atoms with E-state index in [1.54, 1.807) is 0 Å². The van der Waals surface area contributed by atoms with Gasteiger partial charge < -0.3 is 14.9 Å². The van der Waals surface area contributed by atoms with Crippen LogP contribution in [0.15, 0.2) is 27.6 Å². The number of aliphatic hydroxyl groups is 1. The number of ether oxygens (including phenoxy) is 1. The summed E-state index contributed by atoms with van der Waals surface area (Å²) < 4.78 is 31.9. The monoisotopic (exact) mass is 379 g/mol. The van der Waals surface area contributed by atoms with Crippen molar-refractivity contribution in [3.63, 3.8) is 0 Å². The standard InChI is InChI=1S/C12H14BrNO6S/c13-9-5-8(11(15)16)1-2-10(9)21(18,19)14-6-12(17)3-4-20-7-12/h1-2,5,14,17H,3-4,6-7H2,(H,15,16). The largest absolute Gasteiger partial charge is 0.478 e. The first kappa shape index (κ1) is 16.4. The summed E-state index contributed by atoms with van der Waals surface area (Å²) in [5, 5.41) is 18.9. The lowest BCUT2D eigenvalue weighted by molar-refractivity contribution is 0.0314. The number of hydrogen-bond donors (Lipinski definition) is 3. The fraction of sp³-hybridized carbons (Fsp3) is 0.417. The third-order valence-corrected chi connectivity index (χ3v) is 5.52. The van der Waals surface area contributed by atoms with Gasteiger partial charge in [0.2, 0.25) is 10.0 Å².